The minimum atomic E-state index is 0.232. The predicted molar refractivity (Wildman–Crippen MR) is 105 cm³/mol. The van der Waals surface area contributed by atoms with Crippen molar-refractivity contribution in [3.05, 3.63) is 78.1 Å². The van der Waals surface area contributed by atoms with Gasteiger partial charge in [-0.05, 0) is 47.9 Å². The number of ether oxygens (including phenoxy) is 2. The molecule has 1 atom stereocenters. The van der Waals surface area contributed by atoms with Gasteiger partial charge in [-0.15, -0.1) is 0 Å². The molecule has 27 heavy (non-hydrogen) atoms. The summed E-state index contributed by atoms with van der Waals surface area (Å²) in [6.45, 7) is 3.65. The highest BCUT2D eigenvalue weighted by Crippen LogP contribution is 2.17. The molecule has 1 unspecified atom stereocenters. The number of aromatic nitrogens is 2. The molecule has 0 aliphatic carbocycles. The van der Waals surface area contributed by atoms with Crippen LogP contribution in [-0.2, 0) is 17.7 Å². The first-order chi connectivity index (χ1) is 13.3. The summed E-state index contributed by atoms with van der Waals surface area (Å²) in [5, 5.41) is 4.27. The second kappa shape index (κ2) is 8.37. The Balaban J connectivity index is 1.34. The molecule has 0 amide bonds. The average molecular weight is 363 g/mol. The molecule has 2 heterocycles. The van der Waals surface area contributed by atoms with E-state index in [1.54, 1.807) is 13.3 Å². The van der Waals surface area contributed by atoms with Crippen LogP contribution >= 0.6 is 0 Å². The van der Waals surface area contributed by atoms with Crippen LogP contribution in [0.2, 0.25) is 0 Å². The van der Waals surface area contributed by atoms with Crippen molar-refractivity contribution in [2.45, 2.75) is 19.1 Å². The molecule has 1 aliphatic rings. The van der Waals surface area contributed by atoms with E-state index in [0.29, 0.717) is 0 Å². The Morgan fingerprint density at radius 2 is 1.85 bits per heavy atom. The minimum Gasteiger partial charge on any atom is -0.497 e. The molecule has 1 fully saturated rings. The van der Waals surface area contributed by atoms with Gasteiger partial charge in [-0.25, -0.2) is 4.68 Å². The maximum Gasteiger partial charge on any atom is 0.118 e. The second-order valence-electron chi connectivity index (χ2n) is 6.90. The van der Waals surface area contributed by atoms with Crippen LogP contribution in [0, 0.1) is 0 Å². The fourth-order valence-electron chi connectivity index (χ4n) is 3.51. The molecular formula is C22H25N3O2. The molecule has 0 spiro atoms. The summed E-state index contributed by atoms with van der Waals surface area (Å²) in [6, 6.07) is 18.8. The molecule has 1 aliphatic heterocycles. The van der Waals surface area contributed by atoms with Crippen molar-refractivity contribution in [2.24, 2.45) is 0 Å². The zero-order chi connectivity index (χ0) is 18.5. The lowest BCUT2D eigenvalue weighted by Gasteiger charge is -2.33. The highest BCUT2D eigenvalue weighted by molar-refractivity contribution is 5.33. The number of hydrogen-bond donors (Lipinski definition) is 0. The standard InChI is InChI=1S/C22H25N3O2/c1-26-21-9-5-18(6-10-21)15-22-17-24(13-14-27-22)16-19-3-7-20(8-4-19)25-12-2-11-23-25/h2-12,22H,13-17H2,1H3. The van der Waals surface area contributed by atoms with E-state index in [0.717, 1.165) is 44.1 Å². The van der Waals surface area contributed by atoms with E-state index in [4.69, 9.17) is 9.47 Å². The fourth-order valence-corrected chi connectivity index (χ4v) is 3.51. The normalized spacial score (nSPS) is 17.7. The Morgan fingerprint density at radius 1 is 1.07 bits per heavy atom. The molecule has 140 valence electrons. The van der Waals surface area contributed by atoms with Gasteiger partial charge in [0.1, 0.15) is 5.75 Å². The van der Waals surface area contributed by atoms with Gasteiger partial charge in [0.2, 0.25) is 0 Å². The van der Waals surface area contributed by atoms with Crippen LogP contribution in [0.15, 0.2) is 67.0 Å². The number of hydrogen-bond acceptors (Lipinski definition) is 4. The molecular weight excluding hydrogens is 338 g/mol. The smallest absolute Gasteiger partial charge is 0.118 e. The lowest BCUT2D eigenvalue weighted by Crippen LogP contribution is -2.42. The quantitative estimate of drug-likeness (QED) is 0.674. The largest absolute Gasteiger partial charge is 0.497 e. The van der Waals surface area contributed by atoms with Gasteiger partial charge in [0.05, 0.1) is 25.5 Å². The van der Waals surface area contributed by atoms with E-state index in [9.17, 15) is 0 Å². The molecule has 5 nitrogen and oxygen atoms in total. The molecule has 0 bridgehead atoms. The zero-order valence-corrected chi connectivity index (χ0v) is 15.6. The van der Waals surface area contributed by atoms with Crippen LogP contribution < -0.4 is 4.74 Å². The number of benzene rings is 2. The Bertz CT molecular complexity index is 829. The molecule has 0 radical (unpaired) electrons. The van der Waals surface area contributed by atoms with E-state index in [1.165, 1.54) is 11.1 Å². The van der Waals surface area contributed by atoms with Gasteiger partial charge in [-0.3, -0.25) is 4.90 Å². The van der Waals surface area contributed by atoms with Gasteiger partial charge in [0, 0.05) is 32.0 Å². The van der Waals surface area contributed by atoms with Gasteiger partial charge in [-0.2, -0.15) is 5.10 Å². The van der Waals surface area contributed by atoms with E-state index in [2.05, 4.69) is 46.4 Å². The van der Waals surface area contributed by atoms with Crippen molar-refractivity contribution < 1.29 is 9.47 Å². The van der Waals surface area contributed by atoms with Gasteiger partial charge < -0.3 is 9.47 Å². The first kappa shape index (κ1) is 17.8. The summed E-state index contributed by atoms with van der Waals surface area (Å²) in [4.78, 5) is 2.47. The Morgan fingerprint density at radius 3 is 2.56 bits per heavy atom. The number of rotatable bonds is 6. The van der Waals surface area contributed by atoms with Crippen LogP contribution in [0.5, 0.6) is 5.75 Å². The zero-order valence-electron chi connectivity index (χ0n) is 15.6. The molecule has 4 rings (SSSR count). The maximum absolute atomic E-state index is 5.99. The van der Waals surface area contributed by atoms with Crippen LogP contribution in [0.1, 0.15) is 11.1 Å². The SMILES string of the molecule is COc1ccc(CC2CN(Cc3ccc(-n4cccn4)cc3)CCO2)cc1. The first-order valence-corrected chi connectivity index (χ1v) is 9.36. The molecule has 2 aromatic carbocycles. The average Bonchev–Trinajstić information content (AvgIpc) is 3.24. The van der Waals surface area contributed by atoms with E-state index in [1.807, 2.05) is 29.1 Å². The van der Waals surface area contributed by atoms with E-state index in [-0.39, 0.29) is 6.10 Å². The van der Waals surface area contributed by atoms with Crippen molar-refractivity contribution in [3.8, 4) is 11.4 Å². The lowest BCUT2D eigenvalue weighted by atomic mass is 10.1. The number of nitrogens with zero attached hydrogens (tertiary/aromatic N) is 3. The van der Waals surface area contributed by atoms with Crippen molar-refractivity contribution in [2.75, 3.05) is 26.8 Å². The van der Waals surface area contributed by atoms with Crippen molar-refractivity contribution in [1.82, 2.24) is 14.7 Å². The van der Waals surface area contributed by atoms with Crippen molar-refractivity contribution in [3.63, 3.8) is 0 Å². The number of morpholine rings is 1. The summed E-state index contributed by atoms with van der Waals surface area (Å²) in [6.07, 6.45) is 4.92. The Kier molecular flexibility index (Phi) is 5.51. The van der Waals surface area contributed by atoms with E-state index >= 15 is 0 Å². The highest BCUT2D eigenvalue weighted by atomic mass is 16.5. The maximum atomic E-state index is 5.99. The fraction of sp³-hybridized carbons (Fsp3) is 0.318. The van der Waals surface area contributed by atoms with Crippen LogP contribution in [0.4, 0.5) is 0 Å². The third kappa shape index (κ3) is 4.56. The predicted octanol–water partition coefficient (Wildman–Crippen LogP) is 3.32. The van der Waals surface area contributed by atoms with Gasteiger partial charge in [-0.1, -0.05) is 24.3 Å². The third-order valence-corrected chi connectivity index (χ3v) is 4.96. The van der Waals surface area contributed by atoms with Gasteiger partial charge in [0.25, 0.3) is 0 Å². The Hall–Kier alpha value is -2.63. The van der Waals surface area contributed by atoms with Crippen molar-refractivity contribution in [1.29, 1.82) is 0 Å². The molecule has 5 heteroatoms. The van der Waals surface area contributed by atoms with Crippen molar-refractivity contribution >= 4 is 0 Å². The minimum absolute atomic E-state index is 0.232. The molecule has 1 saturated heterocycles. The van der Waals surface area contributed by atoms with E-state index < -0.39 is 0 Å². The summed E-state index contributed by atoms with van der Waals surface area (Å²) in [5.74, 6) is 0.892. The second-order valence-corrected chi connectivity index (χ2v) is 6.90. The monoisotopic (exact) mass is 363 g/mol. The lowest BCUT2D eigenvalue weighted by molar-refractivity contribution is -0.0305. The van der Waals surface area contributed by atoms with Crippen LogP contribution in [0.3, 0.4) is 0 Å². The summed E-state index contributed by atoms with van der Waals surface area (Å²) < 4.78 is 13.1. The van der Waals surface area contributed by atoms with Gasteiger partial charge in [0.15, 0.2) is 0 Å². The summed E-state index contributed by atoms with van der Waals surface area (Å²) in [7, 11) is 1.69. The topological polar surface area (TPSA) is 39.5 Å². The summed E-state index contributed by atoms with van der Waals surface area (Å²) >= 11 is 0. The van der Waals surface area contributed by atoms with Gasteiger partial charge >= 0.3 is 0 Å². The van der Waals surface area contributed by atoms with Crippen LogP contribution in [-0.4, -0.2) is 47.6 Å². The molecule has 3 aromatic rings. The molecule has 0 saturated carbocycles. The molecule has 0 N–H and O–H groups in total. The summed E-state index contributed by atoms with van der Waals surface area (Å²) in [5.41, 5.74) is 3.69. The third-order valence-electron chi connectivity index (χ3n) is 4.96. The Labute approximate surface area is 160 Å². The van der Waals surface area contributed by atoms with Crippen LogP contribution in [0.25, 0.3) is 5.69 Å². The highest BCUT2D eigenvalue weighted by Gasteiger charge is 2.21. The molecule has 1 aromatic heterocycles. The number of methoxy groups -OCH3 is 1. The first-order valence-electron chi connectivity index (χ1n) is 9.36.